The van der Waals surface area contributed by atoms with E-state index >= 15 is 0 Å². The molecule has 0 aromatic heterocycles. The highest BCUT2D eigenvalue weighted by Crippen LogP contribution is 2.37. The molecule has 2 atom stereocenters. The van der Waals surface area contributed by atoms with Gasteiger partial charge >= 0.3 is 11.9 Å². The van der Waals surface area contributed by atoms with E-state index in [1.54, 1.807) is 23.5 Å². The predicted molar refractivity (Wildman–Crippen MR) is 79.5 cm³/mol. The van der Waals surface area contributed by atoms with Gasteiger partial charge in [-0.3, -0.25) is 5.43 Å². The van der Waals surface area contributed by atoms with Crippen LogP contribution in [0.5, 0.6) is 0 Å². The number of carbonyl (C=O) groups excluding carboxylic acids is 2. The lowest BCUT2D eigenvalue weighted by Gasteiger charge is -2.24. The number of hydrogen-bond donors (Lipinski definition) is 1. The van der Waals surface area contributed by atoms with E-state index in [-0.39, 0.29) is 5.92 Å². The van der Waals surface area contributed by atoms with E-state index in [0.29, 0.717) is 27.5 Å². The highest BCUT2D eigenvalue weighted by atomic mass is 32.2. The first-order chi connectivity index (χ1) is 9.58. The number of ether oxygens (including phenoxy) is 2. The lowest BCUT2D eigenvalue weighted by atomic mass is 9.93. The molecular formula is C12H16N2O4S2. The Balaban J connectivity index is 2.38. The second-order valence-corrected chi connectivity index (χ2v) is 7.26. The van der Waals surface area contributed by atoms with Crippen molar-refractivity contribution in [1.82, 2.24) is 5.43 Å². The van der Waals surface area contributed by atoms with Crippen LogP contribution < -0.4 is 5.43 Å². The van der Waals surface area contributed by atoms with E-state index in [4.69, 9.17) is 9.47 Å². The summed E-state index contributed by atoms with van der Waals surface area (Å²) < 4.78 is 9.93. The number of esters is 2. The maximum absolute atomic E-state index is 11.8. The van der Waals surface area contributed by atoms with Gasteiger partial charge < -0.3 is 9.47 Å². The molecule has 0 amide bonds. The molecule has 2 heterocycles. The number of methoxy groups -OCH3 is 2. The Morgan fingerprint density at radius 2 is 1.95 bits per heavy atom. The molecule has 0 saturated carbocycles. The minimum atomic E-state index is -0.468. The molecule has 1 N–H and O–H groups in total. The maximum atomic E-state index is 11.8. The Labute approximate surface area is 125 Å². The van der Waals surface area contributed by atoms with Gasteiger partial charge in [0, 0.05) is 22.0 Å². The van der Waals surface area contributed by atoms with Crippen LogP contribution in [0.25, 0.3) is 0 Å². The Hall–Kier alpha value is -1.15. The van der Waals surface area contributed by atoms with Gasteiger partial charge in [-0.15, -0.1) is 23.5 Å². The van der Waals surface area contributed by atoms with Crippen molar-refractivity contribution in [3.8, 4) is 0 Å². The van der Waals surface area contributed by atoms with Crippen LogP contribution in [0.3, 0.4) is 0 Å². The number of hydrazone groups is 1. The SMILES string of the molecule is COC(=O)C1=NNC(C(=O)OC)=C2CSC(C)SCC12. The summed E-state index contributed by atoms with van der Waals surface area (Å²) in [5.41, 5.74) is 4.16. The third-order valence-electron chi connectivity index (χ3n) is 3.12. The molecule has 2 rings (SSSR count). The van der Waals surface area contributed by atoms with Crippen LogP contribution in [0.1, 0.15) is 6.92 Å². The molecule has 1 fully saturated rings. The van der Waals surface area contributed by atoms with E-state index in [9.17, 15) is 9.59 Å². The molecule has 0 bridgehead atoms. The van der Waals surface area contributed by atoms with Crippen LogP contribution in [0, 0.1) is 5.92 Å². The van der Waals surface area contributed by atoms with Gasteiger partial charge in [0.15, 0.2) is 5.71 Å². The van der Waals surface area contributed by atoms with Crippen LogP contribution in [-0.2, 0) is 19.1 Å². The van der Waals surface area contributed by atoms with Crippen LogP contribution in [0.2, 0.25) is 0 Å². The third-order valence-corrected chi connectivity index (χ3v) is 5.87. The average Bonchev–Trinajstić information content (AvgIpc) is 2.67. The molecule has 110 valence electrons. The van der Waals surface area contributed by atoms with Crippen molar-refractivity contribution < 1.29 is 19.1 Å². The molecule has 0 aliphatic carbocycles. The molecule has 2 aliphatic heterocycles. The highest BCUT2D eigenvalue weighted by Gasteiger charge is 2.37. The van der Waals surface area contributed by atoms with Gasteiger partial charge in [0.25, 0.3) is 0 Å². The fourth-order valence-electron chi connectivity index (χ4n) is 2.02. The van der Waals surface area contributed by atoms with Crippen LogP contribution in [-0.4, -0.2) is 48.0 Å². The first-order valence-corrected chi connectivity index (χ1v) is 8.14. The first kappa shape index (κ1) is 15.2. The summed E-state index contributed by atoms with van der Waals surface area (Å²) >= 11 is 3.47. The molecule has 20 heavy (non-hydrogen) atoms. The number of carbonyl (C=O) groups is 2. The van der Waals surface area contributed by atoms with Crippen LogP contribution in [0.4, 0.5) is 0 Å². The van der Waals surface area contributed by atoms with E-state index in [0.717, 1.165) is 5.57 Å². The van der Waals surface area contributed by atoms with E-state index in [1.165, 1.54) is 14.2 Å². The number of nitrogens with one attached hydrogen (secondary N) is 1. The normalized spacial score (nSPS) is 25.9. The maximum Gasteiger partial charge on any atom is 0.356 e. The van der Waals surface area contributed by atoms with Gasteiger partial charge in [-0.05, 0) is 12.5 Å². The molecule has 1 saturated heterocycles. The van der Waals surface area contributed by atoms with Crippen molar-refractivity contribution in [3.05, 3.63) is 11.3 Å². The second kappa shape index (κ2) is 6.53. The summed E-state index contributed by atoms with van der Waals surface area (Å²) in [5.74, 6) is 0.216. The molecule has 0 spiro atoms. The zero-order chi connectivity index (χ0) is 14.7. The Kier molecular flexibility index (Phi) is 4.98. The Bertz CT molecular complexity index is 490. The fraction of sp³-hybridized carbons (Fsp3) is 0.583. The van der Waals surface area contributed by atoms with Crippen molar-refractivity contribution in [2.75, 3.05) is 25.7 Å². The smallest absolute Gasteiger partial charge is 0.356 e. The minimum Gasteiger partial charge on any atom is -0.464 e. The first-order valence-electron chi connectivity index (χ1n) is 6.05. The highest BCUT2D eigenvalue weighted by molar-refractivity contribution is 8.17. The second-order valence-electron chi connectivity index (χ2n) is 4.26. The summed E-state index contributed by atoms with van der Waals surface area (Å²) in [6, 6.07) is 0. The molecular weight excluding hydrogens is 300 g/mol. The predicted octanol–water partition coefficient (Wildman–Crippen LogP) is 0.988. The molecule has 0 radical (unpaired) electrons. The number of thioether (sulfide) groups is 2. The lowest BCUT2D eigenvalue weighted by molar-refractivity contribution is -0.137. The molecule has 0 aromatic rings. The number of fused-ring (bicyclic) bond motifs is 1. The van der Waals surface area contributed by atoms with E-state index in [1.807, 2.05) is 0 Å². The Morgan fingerprint density at radius 1 is 1.25 bits per heavy atom. The van der Waals surface area contributed by atoms with Crippen LogP contribution in [0.15, 0.2) is 16.4 Å². The van der Waals surface area contributed by atoms with E-state index in [2.05, 4.69) is 17.5 Å². The minimum absolute atomic E-state index is 0.208. The zero-order valence-corrected chi connectivity index (χ0v) is 13.1. The summed E-state index contributed by atoms with van der Waals surface area (Å²) in [7, 11) is 2.65. The van der Waals surface area contributed by atoms with Crippen molar-refractivity contribution in [2.24, 2.45) is 11.0 Å². The quantitative estimate of drug-likeness (QED) is 0.761. The average molecular weight is 316 g/mol. The van der Waals surface area contributed by atoms with Crippen molar-refractivity contribution in [3.63, 3.8) is 0 Å². The molecule has 2 unspecified atom stereocenters. The van der Waals surface area contributed by atoms with Gasteiger partial charge in [-0.2, -0.15) is 5.10 Å². The van der Waals surface area contributed by atoms with Crippen LogP contribution >= 0.6 is 23.5 Å². The topological polar surface area (TPSA) is 77.0 Å². The number of rotatable bonds is 2. The van der Waals surface area contributed by atoms with Gasteiger partial charge in [0.05, 0.1) is 14.2 Å². The summed E-state index contributed by atoms with van der Waals surface area (Å²) in [5, 5.41) is 4.01. The fourth-order valence-corrected chi connectivity index (χ4v) is 4.42. The van der Waals surface area contributed by atoms with Gasteiger partial charge in [-0.1, -0.05) is 0 Å². The van der Waals surface area contributed by atoms with Crippen molar-refractivity contribution in [1.29, 1.82) is 0 Å². The molecule has 0 aromatic carbocycles. The third kappa shape index (κ3) is 2.95. The van der Waals surface area contributed by atoms with Gasteiger partial charge in [-0.25, -0.2) is 9.59 Å². The number of nitrogens with zero attached hydrogens (tertiary/aromatic N) is 1. The number of hydrogen-bond acceptors (Lipinski definition) is 8. The lowest BCUT2D eigenvalue weighted by Crippen LogP contribution is -2.38. The summed E-state index contributed by atoms with van der Waals surface area (Å²) in [6.45, 7) is 2.10. The van der Waals surface area contributed by atoms with Gasteiger partial charge in [0.2, 0.25) is 0 Å². The Morgan fingerprint density at radius 3 is 2.60 bits per heavy atom. The molecule has 2 aliphatic rings. The summed E-state index contributed by atoms with van der Waals surface area (Å²) in [4.78, 5) is 23.6. The monoisotopic (exact) mass is 316 g/mol. The van der Waals surface area contributed by atoms with E-state index < -0.39 is 11.9 Å². The molecule has 6 nitrogen and oxygen atoms in total. The largest absolute Gasteiger partial charge is 0.464 e. The molecule has 8 heteroatoms. The standard InChI is InChI=1S/C12H16N2O4S2/c1-6-19-4-7-8(5-20-6)10(12(16)18-3)14-13-9(7)11(15)17-2/h6-7,14H,4-5H2,1-3H3. The van der Waals surface area contributed by atoms with Crippen molar-refractivity contribution >= 4 is 41.2 Å². The zero-order valence-electron chi connectivity index (χ0n) is 11.5. The summed E-state index contributed by atoms with van der Waals surface area (Å²) in [6.07, 6.45) is 0. The van der Waals surface area contributed by atoms with Crippen molar-refractivity contribution in [2.45, 2.75) is 11.5 Å². The van der Waals surface area contributed by atoms with Gasteiger partial charge in [0.1, 0.15) is 5.70 Å².